The minimum Gasteiger partial charge on any atom is -0.493 e. The second-order valence-electron chi connectivity index (χ2n) is 4.81. The number of carbonyl (C=O) groups is 2. The number of anilines is 1. The zero-order valence-electron chi connectivity index (χ0n) is 13.6. The van der Waals surface area contributed by atoms with Crippen molar-refractivity contribution in [1.82, 2.24) is 0 Å². The summed E-state index contributed by atoms with van der Waals surface area (Å²) in [7, 11) is 4.46. The number of nitrogens with one attached hydrogen (secondary N) is 1. The van der Waals surface area contributed by atoms with Gasteiger partial charge in [-0.1, -0.05) is 6.07 Å². The Morgan fingerprint density at radius 3 is 2.00 bits per heavy atom. The van der Waals surface area contributed by atoms with E-state index in [1.54, 1.807) is 30.3 Å². The monoisotopic (exact) mass is 330 g/mol. The molecule has 0 fully saturated rings. The maximum atomic E-state index is 12.4. The average molecular weight is 330 g/mol. The van der Waals surface area contributed by atoms with Crippen LogP contribution in [-0.4, -0.2) is 33.1 Å². The van der Waals surface area contributed by atoms with Crippen molar-refractivity contribution in [1.29, 1.82) is 0 Å². The smallest absolute Gasteiger partial charge is 0.255 e. The summed E-state index contributed by atoms with van der Waals surface area (Å²) in [5, 5.41) is 2.72. The molecule has 7 heteroatoms. The maximum Gasteiger partial charge on any atom is 0.255 e. The molecule has 126 valence electrons. The fourth-order valence-electron chi connectivity index (χ4n) is 2.17. The Balaban J connectivity index is 2.32. The summed E-state index contributed by atoms with van der Waals surface area (Å²) in [4.78, 5) is 23.6. The number of methoxy groups -OCH3 is 3. The Bertz CT molecular complexity index is 748. The first-order chi connectivity index (χ1) is 11.5. The first-order valence-electron chi connectivity index (χ1n) is 7.01. The van der Waals surface area contributed by atoms with Gasteiger partial charge in [0.15, 0.2) is 11.5 Å². The largest absolute Gasteiger partial charge is 0.493 e. The van der Waals surface area contributed by atoms with Crippen molar-refractivity contribution < 1.29 is 23.8 Å². The molecular weight excluding hydrogens is 312 g/mol. The van der Waals surface area contributed by atoms with Crippen LogP contribution in [0.1, 0.15) is 20.7 Å². The van der Waals surface area contributed by atoms with Gasteiger partial charge < -0.3 is 25.3 Å². The molecule has 0 unspecified atom stereocenters. The molecule has 2 aromatic carbocycles. The van der Waals surface area contributed by atoms with Gasteiger partial charge in [-0.05, 0) is 18.2 Å². The molecule has 0 spiro atoms. The lowest BCUT2D eigenvalue weighted by Gasteiger charge is -2.14. The van der Waals surface area contributed by atoms with E-state index < -0.39 is 11.8 Å². The van der Waals surface area contributed by atoms with Gasteiger partial charge in [0.05, 0.1) is 21.3 Å². The van der Waals surface area contributed by atoms with E-state index in [0.29, 0.717) is 28.5 Å². The molecule has 0 aliphatic carbocycles. The fourth-order valence-corrected chi connectivity index (χ4v) is 2.17. The number of nitrogens with two attached hydrogens (primary N) is 1. The molecule has 3 N–H and O–H groups in total. The Kier molecular flexibility index (Phi) is 5.26. The molecule has 2 aromatic rings. The summed E-state index contributed by atoms with van der Waals surface area (Å²) < 4.78 is 15.7. The average Bonchev–Trinajstić information content (AvgIpc) is 2.60. The quantitative estimate of drug-likeness (QED) is 0.844. The number of carbonyl (C=O) groups excluding carboxylic acids is 2. The topological polar surface area (TPSA) is 99.9 Å². The molecule has 0 saturated carbocycles. The van der Waals surface area contributed by atoms with E-state index in [1.165, 1.54) is 27.4 Å². The SMILES string of the molecule is COc1cc(NC(=O)c2cccc(C(N)=O)c2)cc(OC)c1OC. The van der Waals surface area contributed by atoms with E-state index in [0.717, 1.165) is 0 Å². The lowest BCUT2D eigenvalue weighted by molar-refractivity contribution is 0.1000. The van der Waals surface area contributed by atoms with Crippen LogP contribution < -0.4 is 25.3 Å². The van der Waals surface area contributed by atoms with E-state index in [-0.39, 0.29) is 5.56 Å². The molecule has 0 saturated heterocycles. The van der Waals surface area contributed by atoms with E-state index in [1.807, 2.05) is 0 Å². The van der Waals surface area contributed by atoms with Gasteiger partial charge in [-0.2, -0.15) is 0 Å². The van der Waals surface area contributed by atoms with E-state index in [9.17, 15) is 9.59 Å². The number of ether oxygens (including phenoxy) is 3. The number of primary amides is 1. The summed E-state index contributed by atoms with van der Waals surface area (Å²) in [6, 6.07) is 9.35. The number of amides is 2. The molecule has 2 rings (SSSR count). The molecule has 7 nitrogen and oxygen atoms in total. The first-order valence-corrected chi connectivity index (χ1v) is 7.01. The molecule has 0 radical (unpaired) electrons. The van der Waals surface area contributed by atoms with Crippen LogP contribution in [0.25, 0.3) is 0 Å². The number of rotatable bonds is 6. The van der Waals surface area contributed by atoms with Crippen molar-refractivity contribution in [3.05, 3.63) is 47.5 Å². The van der Waals surface area contributed by atoms with E-state index in [2.05, 4.69) is 5.32 Å². The molecule has 0 heterocycles. The Morgan fingerprint density at radius 1 is 0.917 bits per heavy atom. The lowest BCUT2D eigenvalue weighted by atomic mass is 10.1. The van der Waals surface area contributed by atoms with Gasteiger partial charge >= 0.3 is 0 Å². The van der Waals surface area contributed by atoms with Crippen molar-refractivity contribution in [2.24, 2.45) is 5.73 Å². The maximum absolute atomic E-state index is 12.4. The van der Waals surface area contributed by atoms with Crippen molar-refractivity contribution in [3.8, 4) is 17.2 Å². The van der Waals surface area contributed by atoms with Gasteiger partial charge in [0, 0.05) is 28.9 Å². The molecule has 0 aromatic heterocycles. The number of hydrogen-bond donors (Lipinski definition) is 2. The minimum atomic E-state index is -0.600. The third-order valence-corrected chi connectivity index (χ3v) is 3.33. The van der Waals surface area contributed by atoms with Crippen LogP contribution in [0, 0.1) is 0 Å². The predicted octanol–water partition coefficient (Wildman–Crippen LogP) is 2.06. The van der Waals surface area contributed by atoms with Crippen LogP contribution in [0.4, 0.5) is 5.69 Å². The second kappa shape index (κ2) is 7.36. The normalized spacial score (nSPS) is 9.96. The van der Waals surface area contributed by atoms with Crippen molar-refractivity contribution in [2.45, 2.75) is 0 Å². The van der Waals surface area contributed by atoms with Gasteiger partial charge in [-0.15, -0.1) is 0 Å². The Hall–Kier alpha value is -3.22. The van der Waals surface area contributed by atoms with E-state index in [4.69, 9.17) is 19.9 Å². The molecular formula is C17H18N2O5. The highest BCUT2D eigenvalue weighted by Gasteiger charge is 2.15. The Morgan fingerprint density at radius 2 is 1.50 bits per heavy atom. The number of benzene rings is 2. The molecule has 0 atom stereocenters. The van der Waals surface area contributed by atoms with Gasteiger partial charge in [-0.3, -0.25) is 9.59 Å². The van der Waals surface area contributed by atoms with Crippen LogP contribution in [0.3, 0.4) is 0 Å². The molecule has 0 aliphatic rings. The minimum absolute atomic E-state index is 0.257. The first kappa shape index (κ1) is 17.1. The van der Waals surface area contributed by atoms with Crippen LogP contribution in [-0.2, 0) is 0 Å². The fraction of sp³-hybridized carbons (Fsp3) is 0.176. The highest BCUT2D eigenvalue weighted by molar-refractivity contribution is 6.06. The van der Waals surface area contributed by atoms with Gasteiger partial charge in [-0.25, -0.2) is 0 Å². The predicted molar refractivity (Wildman–Crippen MR) is 89.0 cm³/mol. The van der Waals surface area contributed by atoms with Crippen LogP contribution >= 0.6 is 0 Å². The second-order valence-corrected chi connectivity index (χ2v) is 4.81. The van der Waals surface area contributed by atoms with Gasteiger partial charge in [0.2, 0.25) is 11.7 Å². The highest BCUT2D eigenvalue weighted by Crippen LogP contribution is 2.40. The standard InChI is InChI=1S/C17H18N2O5/c1-22-13-8-12(9-14(23-2)15(13)24-3)19-17(21)11-6-4-5-10(7-11)16(18)20/h4-9H,1-3H3,(H2,18,20)(H,19,21). The third kappa shape index (κ3) is 3.57. The summed E-state index contributed by atoms with van der Waals surface area (Å²) in [5.41, 5.74) is 6.25. The van der Waals surface area contributed by atoms with Crippen LogP contribution in [0.15, 0.2) is 36.4 Å². The zero-order chi connectivity index (χ0) is 17.7. The van der Waals surface area contributed by atoms with Crippen molar-refractivity contribution >= 4 is 17.5 Å². The zero-order valence-corrected chi connectivity index (χ0v) is 13.6. The lowest BCUT2D eigenvalue weighted by Crippen LogP contribution is -2.15. The van der Waals surface area contributed by atoms with E-state index >= 15 is 0 Å². The summed E-state index contributed by atoms with van der Waals surface area (Å²) >= 11 is 0. The Labute approximate surface area is 139 Å². The summed E-state index contributed by atoms with van der Waals surface area (Å²) in [6.45, 7) is 0. The molecule has 0 bridgehead atoms. The molecule has 24 heavy (non-hydrogen) atoms. The molecule has 2 amide bonds. The van der Waals surface area contributed by atoms with Gasteiger partial charge in [0.1, 0.15) is 0 Å². The van der Waals surface area contributed by atoms with Crippen molar-refractivity contribution in [3.63, 3.8) is 0 Å². The third-order valence-electron chi connectivity index (χ3n) is 3.33. The summed E-state index contributed by atoms with van der Waals surface area (Å²) in [5.74, 6) is 0.259. The van der Waals surface area contributed by atoms with Crippen LogP contribution in [0.2, 0.25) is 0 Å². The number of hydrogen-bond acceptors (Lipinski definition) is 5. The molecule has 0 aliphatic heterocycles. The van der Waals surface area contributed by atoms with Crippen LogP contribution in [0.5, 0.6) is 17.2 Å². The van der Waals surface area contributed by atoms with Crippen molar-refractivity contribution in [2.75, 3.05) is 26.6 Å². The van der Waals surface area contributed by atoms with Gasteiger partial charge in [0.25, 0.3) is 5.91 Å². The highest BCUT2D eigenvalue weighted by atomic mass is 16.5. The summed E-state index contributed by atoms with van der Waals surface area (Å²) in [6.07, 6.45) is 0.